The highest BCUT2D eigenvalue weighted by atomic mass is 32.1. The van der Waals surface area contributed by atoms with Crippen molar-refractivity contribution in [1.82, 2.24) is 5.16 Å². The van der Waals surface area contributed by atoms with Crippen LogP contribution in [0.15, 0.2) is 29.0 Å². The molecule has 20 heavy (non-hydrogen) atoms. The lowest BCUT2D eigenvalue weighted by Gasteiger charge is -2.11. The molecule has 2 rings (SSSR count). The van der Waals surface area contributed by atoms with E-state index in [-0.39, 0.29) is 16.5 Å². The van der Waals surface area contributed by atoms with Gasteiger partial charge in [-0.3, -0.25) is 0 Å². The van der Waals surface area contributed by atoms with E-state index in [1.165, 1.54) is 31.6 Å². The highest BCUT2D eigenvalue weighted by molar-refractivity contribution is 7.80. The Hall–Kier alpha value is -2.28. The standard InChI is InChI=1S/C13H10FNO4S/c1-7-8(3-4-9(14)11(7)17-2)13(20)19-12(16)10-5-6-18-15-10/h3-6H,1-2H3. The third-order valence-electron chi connectivity index (χ3n) is 2.61. The number of benzene rings is 1. The van der Waals surface area contributed by atoms with Gasteiger partial charge in [0, 0.05) is 17.2 Å². The van der Waals surface area contributed by atoms with Crippen LogP contribution in [0.25, 0.3) is 0 Å². The summed E-state index contributed by atoms with van der Waals surface area (Å²) in [6.45, 7) is 1.62. The lowest BCUT2D eigenvalue weighted by atomic mass is 10.1. The first-order chi connectivity index (χ1) is 9.54. The van der Waals surface area contributed by atoms with E-state index in [9.17, 15) is 9.18 Å². The zero-order chi connectivity index (χ0) is 14.7. The Labute approximate surface area is 119 Å². The SMILES string of the molecule is COc1c(F)ccc(C(=S)OC(=O)c2ccon2)c1C. The zero-order valence-corrected chi connectivity index (χ0v) is 11.5. The number of methoxy groups -OCH3 is 1. The third-order valence-corrected chi connectivity index (χ3v) is 2.92. The average molecular weight is 295 g/mol. The Bertz CT molecular complexity index is 655. The summed E-state index contributed by atoms with van der Waals surface area (Å²) in [5.41, 5.74) is 0.847. The molecule has 5 nitrogen and oxygen atoms in total. The van der Waals surface area contributed by atoms with E-state index >= 15 is 0 Å². The molecule has 0 aliphatic rings. The molecule has 0 saturated heterocycles. The number of carbonyl (C=O) groups is 1. The number of rotatable bonds is 3. The molecule has 1 aromatic heterocycles. The van der Waals surface area contributed by atoms with Gasteiger partial charge in [0.05, 0.1) is 7.11 Å². The summed E-state index contributed by atoms with van der Waals surface area (Å²) in [6.07, 6.45) is 1.24. The maximum absolute atomic E-state index is 13.5. The second-order valence-electron chi connectivity index (χ2n) is 3.81. The van der Waals surface area contributed by atoms with Crippen LogP contribution in [0.3, 0.4) is 0 Å². The number of hydrogen-bond donors (Lipinski definition) is 0. The lowest BCUT2D eigenvalue weighted by Crippen LogP contribution is -2.13. The fraction of sp³-hybridized carbons (Fsp3) is 0.154. The van der Waals surface area contributed by atoms with Gasteiger partial charge in [0.15, 0.2) is 17.3 Å². The van der Waals surface area contributed by atoms with E-state index < -0.39 is 11.8 Å². The molecule has 0 saturated carbocycles. The van der Waals surface area contributed by atoms with Crippen LogP contribution in [0.4, 0.5) is 4.39 Å². The number of esters is 1. The van der Waals surface area contributed by atoms with Crippen LogP contribution in [0.1, 0.15) is 21.6 Å². The minimum absolute atomic E-state index is 0.000852. The molecule has 1 heterocycles. The Morgan fingerprint density at radius 2 is 2.15 bits per heavy atom. The summed E-state index contributed by atoms with van der Waals surface area (Å²) in [4.78, 5) is 11.7. The largest absolute Gasteiger partial charge is 0.493 e. The number of carbonyl (C=O) groups excluding carboxylic acids is 1. The van der Waals surface area contributed by atoms with E-state index in [0.717, 1.165) is 0 Å². The predicted octanol–water partition coefficient (Wildman–Crippen LogP) is 2.66. The molecule has 1 aromatic carbocycles. The third kappa shape index (κ3) is 2.67. The zero-order valence-electron chi connectivity index (χ0n) is 10.7. The summed E-state index contributed by atoms with van der Waals surface area (Å²) >= 11 is 5.03. The fourth-order valence-corrected chi connectivity index (χ4v) is 1.94. The van der Waals surface area contributed by atoms with Gasteiger partial charge in [0.25, 0.3) is 0 Å². The van der Waals surface area contributed by atoms with Gasteiger partial charge in [0.2, 0.25) is 5.05 Å². The Morgan fingerprint density at radius 1 is 1.40 bits per heavy atom. The van der Waals surface area contributed by atoms with Crippen LogP contribution < -0.4 is 4.74 Å². The number of aromatic nitrogens is 1. The minimum atomic E-state index is -0.744. The molecule has 7 heteroatoms. The van der Waals surface area contributed by atoms with Gasteiger partial charge in [-0.25, -0.2) is 9.18 Å². The highest BCUT2D eigenvalue weighted by Gasteiger charge is 2.19. The van der Waals surface area contributed by atoms with Gasteiger partial charge < -0.3 is 14.0 Å². The molecule has 0 N–H and O–H groups in total. The molecule has 0 aliphatic heterocycles. The van der Waals surface area contributed by atoms with Gasteiger partial charge >= 0.3 is 5.97 Å². The average Bonchev–Trinajstić information content (AvgIpc) is 2.93. The van der Waals surface area contributed by atoms with Gasteiger partial charge in [0.1, 0.15) is 6.26 Å². The van der Waals surface area contributed by atoms with Crippen molar-refractivity contribution >= 4 is 23.2 Å². The van der Waals surface area contributed by atoms with Crippen LogP contribution in [0, 0.1) is 12.7 Å². The Balaban J connectivity index is 2.24. The van der Waals surface area contributed by atoms with Crippen molar-refractivity contribution in [3.8, 4) is 5.75 Å². The van der Waals surface area contributed by atoms with Crippen molar-refractivity contribution in [3.63, 3.8) is 0 Å². The normalized spacial score (nSPS) is 10.2. The van der Waals surface area contributed by atoms with Gasteiger partial charge in [-0.15, -0.1) is 0 Å². The van der Waals surface area contributed by atoms with Crippen LogP contribution in [-0.2, 0) is 4.74 Å². The number of hydrogen-bond acceptors (Lipinski definition) is 6. The van der Waals surface area contributed by atoms with Gasteiger partial charge in [-0.05, 0) is 31.3 Å². The monoisotopic (exact) mass is 295 g/mol. The van der Waals surface area contributed by atoms with Gasteiger partial charge in [-0.1, -0.05) is 5.16 Å². The van der Waals surface area contributed by atoms with Crippen molar-refractivity contribution in [2.45, 2.75) is 6.92 Å². The lowest BCUT2D eigenvalue weighted by molar-refractivity contribution is 0.0712. The minimum Gasteiger partial charge on any atom is -0.493 e. The maximum Gasteiger partial charge on any atom is 0.366 e. The smallest absolute Gasteiger partial charge is 0.366 e. The second-order valence-corrected chi connectivity index (χ2v) is 4.19. The number of halogens is 1. The number of thiocarbonyl (C=S) groups is 1. The molecule has 0 spiro atoms. The predicted molar refractivity (Wildman–Crippen MR) is 71.3 cm³/mol. The molecule has 0 amide bonds. The number of ether oxygens (including phenoxy) is 2. The topological polar surface area (TPSA) is 61.6 Å². The second kappa shape index (κ2) is 5.79. The summed E-state index contributed by atoms with van der Waals surface area (Å²) in [5.74, 6) is -1.20. The van der Waals surface area contributed by atoms with Crippen molar-refractivity contribution < 1.29 is 23.2 Å². The Morgan fingerprint density at radius 3 is 2.75 bits per heavy atom. The summed E-state index contributed by atoms with van der Waals surface area (Å²) in [6, 6.07) is 3.96. The van der Waals surface area contributed by atoms with E-state index in [4.69, 9.17) is 21.7 Å². The van der Waals surface area contributed by atoms with Crippen molar-refractivity contribution in [2.75, 3.05) is 7.11 Å². The molecule has 0 fully saturated rings. The van der Waals surface area contributed by atoms with Crippen molar-refractivity contribution in [1.29, 1.82) is 0 Å². The number of nitrogens with zero attached hydrogens (tertiary/aromatic N) is 1. The van der Waals surface area contributed by atoms with Crippen LogP contribution in [0.2, 0.25) is 0 Å². The molecular weight excluding hydrogens is 285 g/mol. The van der Waals surface area contributed by atoms with Gasteiger partial charge in [-0.2, -0.15) is 0 Å². The summed E-state index contributed by atoms with van der Waals surface area (Å²) in [7, 11) is 1.35. The highest BCUT2D eigenvalue weighted by Crippen LogP contribution is 2.26. The fourth-order valence-electron chi connectivity index (χ4n) is 1.64. The molecule has 0 radical (unpaired) electrons. The molecule has 0 aliphatic carbocycles. The van der Waals surface area contributed by atoms with Crippen LogP contribution in [-0.4, -0.2) is 23.3 Å². The summed E-state index contributed by atoms with van der Waals surface area (Å²) < 4.78 is 28.0. The van der Waals surface area contributed by atoms with Crippen LogP contribution in [0.5, 0.6) is 5.75 Å². The van der Waals surface area contributed by atoms with E-state index in [2.05, 4.69) is 9.68 Å². The first-order valence-corrected chi connectivity index (χ1v) is 5.95. The van der Waals surface area contributed by atoms with Crippen LogP contribution >= 0.6 is 12.2 Å². The maximum atomic E-state index is 13.5. The first kappa shape index (κ1) is 14.1. The molecule has 0 unspecified atom stereocenters. The quantitative estimate of drug-likeness (QED) is 0.641. The van der Waals surface area contributed by atoms with Crippen molar-refractivity contribution in [3.05, 3.63) is 47.1 Å². The summed E-state index contributed by atoms with van der Waals surface area (Å²) in [5, 5.41) is 3.35. The van der Waals surface area contributed by atoms with Crippen molar-refractivity contribution in [2.24, 2.45) is 0 Å². The van der Waals surface area contributed by atoms with E-state index in [0.29, 0.717) is 11.1 Å². The van der Waals surface area contributed by atoms with E-state index in [1.54, 1.807) is 6.92 Å². The molecular formula is C13H10FNO4S. The molecule has 2 aromatic rings. The Kier molecular flexibility index (Phi) is 4.09. The van der Waals surface area contributed by atoms with E-state index in [1.807, 2.05) is 0 Å². The molecule has 0 atom stereocenters. The molecule has 0 bridgehead atoms. The first-order valence-electron chi connectivity index (χ1n) is 5.54. The molecule has 104 valence electrons.